The number of hydrogen-bond acceptors (Lipinski definition) is 2. The van der Waals surface area contributed by atoms with E-state index in [-0.39, 0.29) is 12.0 Å². The number of halogens is 1. The largest absolute Gasteiger partial charge is 0.481 e. The highest BCUT2D eigenvalue weighted by molar-refractivity contribution is 9.10. The average molecular weight is 504 g/mol. The summed E-state index contributed by atoms with van der Waals surface area (Å²) >= 11 is 3.58. The van der Waals surface area contributed by atoms with Gasteiger partial charge in [-0.25, -0.2) is 0 Å². The molecule has 0 radical (unpaired) electrons. The lowest BCUT2D eigenvalue weighted by Gasteiger charge is -2.20. The van der Waals surface area contributed by atoms with Crippen molar-refractivity contribution in [2.75, 3.05) is 0 Å². The van der Waals surface area contributed by atoms with E-state index < -0.39 is 0 Å². The number of allylic oxidation sites excluding steroid dienone is 2. The lowest BCUT2D eigenvalue weighted by molar-refractivity contribution is 0.269. The fourth-order valence-corrected chi connectivity index (χ4v) is 6.06. The van der Waals surface area contributed by atoms with E-state index in [4.69, 9.17) is 9.15 Å². The molecule has 6 aromatic rings. The number of furan rings is 1. The molecule has 1 aliphatic heterocycles. The number of fused-ring (bicyclic) bond motifs is 10. The van der Waals surface area contributed by atoms with Gasteiger partial charge in [0.25, 0.3) is 0 Å². The van der Waals surface area contributed by atoms with Gasteiger partial charge in [-0.2, -0.15) is 0 Å². The normalized spacial score (nSPS) is 19.0. The van der Waals surface area contributed by atoms with Crippen LogP contribution in [0.25, 0.3) is 49.4 Å². The summed E-state index contributed by atoms with van der Waals surface area (Å²) < 4.78 is 16.2. The Morgan fingerprint density at radius 3 is 2.32 bits per heavy atom. The molecular weight excluding hydrogens is 486 g/mol. The Morgan fingerprint density at radius 2 is 1.53 bits per heavy atom. The monoisotopic (exact) mass is 503 g/mol. The zero-order chi connectivity index (χ0) is 22.4. The molecule has 0 spiro atoms. The van der Waals surface area contributed by atoms with Crippen molar-refractivity contribution in [2.45, 2.75) is 12.0 Å². The quantitative estimate of drug-likeness (QED) is 0.225. The third-order valence-electron chi connectivity index (χ3n) is 7.20. The number of aromatic nitrogens is 1. The molecule has 4 aromatic carbocycles. The molecule has 2 aromatic heterocycles. The third kappa shape index (κ3) is 2.41. The molecule has 3 heterocycles. The highest BCUT2D eigenvalue weighted by Crippen LogP contribution is 2.49. The molecule has 2 atom stereocenters. The number of rotatable bonds is 1. The molecular formula is C30H18BrNO2. The zero-order valence-electron chi connectivity index (χ0n) is 18.0. The summed E-state index contributed by atoms with van der Waals surface area (Å²) in [7, 11) is 0. The molecule has 8 rings (SSSR count). The Kier molecular flexibility index (Phi) is 3.64. The second kappa shape index (κ2) is 6.64. The summed E-state index contributed by atoms with van der Waals surface area (Å²) in [6.07, 6.45) is 6.70. The van der Waals surface area contributed by atoms with Crippen molar-refractivity contribution in [3.05, 3.63) is 107 Å². The first-order chi connectivity index (χ1) is 16.8. The minimum atomic E-state index is -0.0302. The summed E-state index contributed by atoms with van der Waals surface area (Å²) in [5, 5.41) is 4.73. The maximum atomic E-state index is 6.48. The molecule has 0 N–H and O–H groups in total. The Labute approximate surface area is 203 Å². The van der Waals surface area contributed by atoms with Crippen LogP contribution in [0.15, 0.2) is 106 Å². The van der Waals surface area contributed by atoms with Crippen molar-refractivity contribution in [2.24, 2.45) is 0 Å². The molecule has 2 aliphatic rings. The van der Waals surface area contributed by atoms with E-state index in [1.165, 1.54) is 33.1 Å². The topological polar surface area (TPSA) is 27.3 Å². The lowest BCUT2D eigenvalue weighted by Crippen LogP contribution is -2.18. The van der Waals surface area contributed by atoms with Crippen LogP contribution in [-0.2, 0) is 0 Å². The Hall–Kier alpha value is -3.76. The van der Waals surface area contributed by atoms with Crippen LogP contribution in [0.5, 0.6) is 5.75 Å². The van der Waals surface area contributed by atoms with E-state index in [1.807, 2.05) is 12.1 Å². The third-order valence-corrected chi connectivity index (χ3v) is 7.69. The highest BCUT2D eigenvalue weighted by Gasteiger charge is 2.36. The molecule has 0 amide bonds. The molecule has 34 heavy (non-hydrogen) atoms. The average Bonchev–Trinajstić information content (AvgIpc) is 3.53. The van der Waals surface area contributed by atoms with Crippen LogP contribution in [0.2, 0.25) is 0 Å². The Balaban J connectivity index is 1.33. The fourth-order valence-electron chi connectivity index (χ4n) is 5.70. The highest BCUT2D eigenvalue weighted by atomic mass is 79.9. The van der Waals surface area contributed by atoms with Crippen LogP contribution in [0.4, 0.5) is 0 Å². The van der Waals surface area contributed by atoms with Crippen molar-refractivity contribution in [1.82, 2.24) is 4.57 Å². The number of para-hydroxylation sites is 2. The Bertz CT molecular complexity index is 1820. The van der Waals surface area contributed by atoms with Crippen molar-refractivity contribution in [3.63, 3.8) is 0 Å². The molecule has 1 aliphatic carbocycles. The van der Waals surface area contributed by atoms with Gasteiger partial charge in [0, 0.05) is 43.2 Å². The van der Waals surface area contributed by atoms with Crippen LogP contribution in [0.1, 0.15) is 11.5 Å². The van der Waals surface area contributed by atoms with E-state index in [0.717, 1.165) is 32.2 Å². The maximum Gasteiger partial charge on any atom is 0.177 e. The molecule has 0 fully saturated rings. The standard InChI is InChI=1S/C30H18BrNO2/c31-17-9-13-27-23(15-17)21-11-12-22-24-16-18(10-14-28(24)34-30(22)29(21)33-27)32-25-7-3-1-5-19(25)20-6-2-4-8-26(20)32/h1-16,24,28H. The predicted octanol–water partition coefficient (Wildman–Crippen LogP) is 8.41. The smallest absolute Gasteiger partial charge is 0.177 e. The van der Waals surface area contributed by atoms with Gasteiger partial charge >= 0.3 is 0 Å². The molecule has 3 nitrogen and oxygen atoms in total. The summed E-state index contributed by atoms with van der Waals surface area (Å²) in [6, 6.07) is 27.7. The molecule has 0 bridgehead atoms. The fraction of sp³-hybridized carbons (Fsp3) is 0.0667. The van der Waals surface area contributed by atoms with Crippen LogP contribution >= 0.6 is 15.9 Å². The van der Waals surface area contributed by atoms with Gasteiger partial charge in [-0.3, -0.25) is 0 Å². The van der Waals surface area contributed by atoms with Crippen LogP contribution in [0, 0.1) is 0 Å². The molecule has 4 heteroatoms. The number of hydrogen-bond donors (Lipinski definition) is 0. The first kappa shape index (κ1) is 18.6. The van der Waals surface area contributed by atoms with E-state index in [0.29, 0.717) is 0 Å². The van der Waals surface area contributed by atoms with E-state index in [1.54, 1.807) is 0 Å². The zero-order valence-corrected chi connectivity index (χ0v) is 19.6. The van der Waals surface area contributed by atoms with Crippen LogP contribution in [0.3, 0.4) is 0 Å². The molecule has 2 unspecified atom stereocenters. The second-order valence-electron chi connectivity index (χ2n) is 9.03. The van der Waals surface area contributed by atoms with Crippen molar-refractivity contribution < 1.29 is 9.15 Å². The Morgan fingerprint density at radius 1 is 0.765 bits per heavy atom. The van der Waals surface area contributed by atoms with Gasteiger partial charge in [0.05, 0.1) is 11.0 Å². The van der Waals surface area contributed by atoms with Gasteiger partial charge in [-0.1, -0.05) is 58.4 Å². The number of ether oxygens (including phenoxy) is 1. The van der Waals surface area contributed by atoms with Gasteiger partial charge in [0.2, 0.25) is 0 Å². The lowest BCUT2D eigenvalue weighted by atomic mass is 9.90. The maximum absolute atomic E-state index is 6.48. The van der Waals surface area contributed by atoms with Gasteiger partial charge < -0.3 is 13.7 Å². The molecule has 0 saturated heterocycles. The van der Waals surface area contributed by atoms with Crippen LogP contribution < -0.4 is 4.74 Å². The summed E-state index contributed by atoms with van der Waals surface area (Å²) in [6.45, 7) is 0. The van der Waals surface area contributed by atoms with Crippen molar-refractivity contribution in [1.29, 1.82) is 0 Å². The summed E-state index contributed by atoms with van der Waals surface area (Å²) in [5.74, 6) is 1.00. The minimum Gasteiger partial charge on any atom is -0.481 e. The van der Waals surface area contributed by atoms with E-state index in [2.05, 4.69) is 105 Å². The van der Waals surface area contributed by atoms with Gasteiger partial charge in [-0.05, 0) is 54.6 Å². The minimum absolute atomic E-state index is 0.0302. The number of benzene rings is 4. The summed E-state index contributed by atoms with van der Waals surface area (Å²) in [5.41, 5.74) is 6.50. The predicted molar refractivity (Wildman–Crippen MR) is 141 cm³/mol. The first-order valence-electron chi connectivity index (χ1n) is 11.5. The first-order valence-corrected chi connectivity index (χ1v) is 12.3. The second-order valence-corrected chi connectivity index (χ2v) is 9.95. The van der Waals surface area contributed by atoms with Gasteiger partial charge in [0.1, 0.15) is 11.7 Å². The molecule has 0 saturated carbocycles. The molecule has 162 valence electrons. The van der Waals surface area contributed by atoms with Crippen molar-refractivity contribution in [3.8, 4) is 5.75 Å². The SMILES string of the molecule is Brc1ccc2oc3c4c(ccc3c2c1)C1C=C(n2c3ccccc3c3ccccc32)C=CC1O4. The van der Waals surface area contributed by atoms with Crippen LogP contribution in [-0.4, -0.2) is 10.7 Å². The number of nitrogens with zero attached hydrogens (tertiary/aromatic N) is 1. The van der Waals surface area contributed by atoms with E-state index >= 15 is 0 Å². The van der Waals surface area contributed by atoms with E-state index in [9.17, 15) is 0 Å². The summed E-state index contributed by atoms with van der Waals surface area (Å²) in [4.78, 5) is 0. The van der Waals surface area contributed by atoms with Crippen molar-refractivity contribution >= 4 is 65.4 Å². The van der Waals surface area contributed by atoms with Gasteiger partial charge in [0.15, 0.2) is 11.3 Å². The van der Waals surface area contributed by atoms with Gasteiger partial charge in [-0.15, -0.1) is 0 Å².